The van der Waals surface area contributed by atoms with Crippen LogP contribution in [0.2, 0.25) is 0 Å². The predicted octanol–water partition coefficient (Wildman–Crippen LogP) is 6.19. The number of aryl methyl sites for hydroxylation is 1. The van der Waals surface area contributed by atoms with Gasteiger partial charge in [0.05, 0.1) is 22.9 Å². The fourth-order valence-corrected chi connectivity index (χ4v) is 4.74. The molecular formula is C25H25N3OS. The minimum absolute atomic E-state index is 0.0372. The summed E-state index contributed by atoms with van der Waals surface area (Å²) in [5.74, 6) is 0.891. The van der Waals surface area contributed by atoms with Crippen molar-refractivity contribution in [1.82, 2.24) is 9.55 Å². The maximum atomic E-state index is 13.2. The molecule has 0 aliphatic rings. The molecular weight excluding hydrogens is 390 g/mol. The molecule has 1 heterocycles. The second-order valence-corrected chi connectivity index (χ2v) is 8.55. The van der Waals surface area contributed by atoms with Crippen molar-refractivity contribution < 1.29 is 0 Å². The molecule has 0 bridgehead atoms. The Bertz CT molecular complexity index is 1280. The van der Waals surface area contributed by atoms with Gasteiger partial charge < -0.3 is 0 Å². The maximum Gasteiger partial charge on any atom is 0.261 e. The van der Waals surface area contributed by atoms with E-state index < -0.39 is 0 Å². The lowest BCUT2D eigenvalue weighted by atomic mass is 9.99. The minimum atomic E-state index is 0.0372. The summed E-state index contributed by atoms with van der Waals surface area (Å²) in [6.45, 7) is 7.80. The lowest BCUT2D eigenvalue weighted by molar-refractivity contribution is 0.511. The summed E-state index contributed by atoms with van der Waals surface area (Å²) in [6, 6.07) is 18.4. The molecule has 1 unspecified atom stereocenters. The molecule has 0 saturated carbocycles. The average Bonchev–Trinajstić information content (AvgIpc) is 2.79. The van der Waals surface area contributed by atoms with E-state index in [-0.39, 0.29) is 11.6 Å². The van der Waals surface area contributed by atoms with Gasteiger partial charge >= 0.3 is 0 Å². The lowest BCUT2D eigenvalue weighted by Crippen LogP contribution is -2.23. The Labute approximate surface area is 180 Å². The molecule has 5 heteroatoms. The quantitative estimate of drug-likeness (QED) is 0.205. The summed E-state index contributed by atoms with van der Waals surface area (Å²) < 4.78 is 1.75. The van der Waals surface area contributed by atoms with Crippen LogP contribution in [0.25, 0.3) is 21.7 Å². The SMILES string of the molecule is C=Nc1ccccc1SCCc1cc2c(=O)n(C(C)CC)cnc2c2ccccc12. The van der Waals surface area contributed by atoms with Gasteiger partial charge in [0.25, 0.3) is 5.56 Å². The number of benzene rings is 3. The largest absolute Gasteiger partial charge is 0.296 e. The second kappa shape index (κ2) is 8.84. The van der Waals surface area contributed by atoms with E-state index in [1.54, 1.807) is 22.7 Å². The maximum absolute atomic E-state index is 13.2. The molecule has 1 atom stereocenters. The summed E-state index contributed by atoms with van der Waals surface area (Å²) in [7, 11) is 0. The van der Waals surface area contributed by atoms with Crippen LogP contribution in [0.1, 0.15) is 31.9 Å². The van der Waals surface area contributed by atoms with Crippen LogP contribution < -0.4 is 5.56 Å². The van der Waals surface area contributed by atoms with Crippen LogP contribution >= 0.6 is 11.8 Å². The molecule has 152 valence electrons. The highest BCUT2D eigenvalue weighted by atomic mass is 32.2. The molecule has 4 aromatic rings. The topological polar surface area (TPSA) is 47.2 Å². The van der Waals surface area contributed by atoms with Crippen molar-refractivity contribution in [1.29, 1.82) is 0 Å². The summed E-state index contributed by atoms with van der Waals surface area (Å²) in [5.41, 5.74) is 2.91. The zero-order valence-corrected chi connectivity index (χ0v) is 18.2. The number of fused-ring (bicyclic) bond motifs is 3. The second-order valence-electron chi connectivity index (χ2n) is 7.42. The Morgan fingerprint density at radius 3 is 2.60 bits per heavy atom. The number of rotatable bonds is 7. The first-order valence-electron chi connectivity index (χ1n) is 10.2. The molecule has 30 heavy (non-hydrogen) atoms. The van der Waals surface area contributed by atoms with Crippen molar-refractivity contribution in [2.45, 2.75) is 37.6 Å². The smallest absolute Gasteiger partial charge is 0.261 e. The molecule has 4 nitrogen and oxygen atoms in total. The van der Waals surface area contributed by atoms with Gasteiger partial charge in [-0.1, -0.05) is 43.3 Å². The Kier molecular flexibility index (Phi) is 6.00. The molecule has 0 amide bonds. The monoisotopic (exact) mass is 415 g/mol. The van der Waals surface area contributed by atoms with Crippen LogP contribution in [-0.2, 0) is 6.42 Å². The summed E-state index contributed by atoms with van der Waals surface area (Å²) in [4.78, 5) is 23.1. The van der Waals surface area contributed by atoms with E-state index in [1.165, 1.54) is 5.56 Å². The van der Waals surface area contributed by atoms with E-state index >= 15 is 0 Å². The number of aliphatic imine (C=N–C) groups is 1. The fourth-order valence-electron chi connectivity index (χ4n) is 3.75. The van der Waals surface area contributed by atoms with Crippen LogP contribution in [0.3, 0.4) is 0 Å². The van der Waals surface area contributed by atoms with Gasteiger partial charge in [-0.05, 0) is 55.6 Å². The number of nitrogens with zero attached hydrogens (tertiary/aromatic N) is 3. The number of para-hydroxylation sites is 1. The van der Waals surface area contributed by atoms with Crippen LogP contribution in [0.5, 0.6) is 0 Å². The van der Waals surface area contributed by atoms with Gasteiger partial charge in [0.2, 0.25) is 0 Å². The van der Waals surface area contributed by atoms with Gasteiger partial charge in [0, 0.05) is 22.1 Å². The van der Waals surface area contributed by atoms with Gasteiger partial charge in [-0.2, -0.15) is 0 Å². The van der Waals surface area contributed by atoms with Crippen LogP contribution in [0.15, 0.2) is 75.6 Å². The molecule has 0 spiro atoms. The number of hydrogen-bond donors (Lipinski definition) is 0. The van der Waals surface area contributed by atoms with Gasteiger partial charge in [0.1, 0.15) is 0 Å². The highest BCUT2D eigenvalue weighted by Crippen LogP contribution is 2.31. The van der Waals surface area contributed by atoms with Gasteiger partial charge in [-0.25, -0.2) is 4.98 Å². The molecule has 3 aromatic carbocycles. The van der Waals surface area contributed by atoms with Gasteiger partial charge in [0.15, 0.2) is 0 Å². The first kappa shape index (κ1) is 20.4. The average molecular weight is 416 g/mol. The molecule has 0 aliphatic heterocycles. The zero-order valence-electron chi connectivity index (χ0n) is 17.3. The van der Waals surface area contributed by atoms with E-state index in [9.17, 15) is 4.79 Å². The third kappa shape index (κ3) is 3.77. The minimum Gasteiger partial charge on any atom is -0.296 e. The van der Waals surface area contributed by atoms with Crippen LogP contribution in [0.4, 0.5) is 5.69 Å². The van der Waals surface area contributed by atoms with Crippen molar-refractivity contribution in [2.75, 3.05) is 5.75 Å². The van der Waals surface area contributed by atoms with E-state index in [0.717, 1.165) is 45.5 Å². The summed E-state index contributed by atoms with van der Waals surface area (Å²) in [6.07, 6.45) is 3.44. The summed E-state index contributed by atoms with van der Waals surface area (Å²) >= 11 is 1.76. The molecule has 0 aliphatic carbocycles. The first-order valence-corrected chi connectivity index (χ1v) is 11.2. The molecule has 4 rings (SSSR count). The Balaban J connectivity index is 1.75. The van der Waals surface area contributed by atoms with E-state index in [2.05, 4.69) is 48.7 Å². The van der Waals surface area contributed by atoms with Crippen LogP contribution in [0, 0.1) is 0 Å². The number of thioether (sulfide) groups is 1. The highest BCUT2D eigenvalue weighted by Gasteiger charge is 2.14. The van der Waals surface area contributed by atoms with Crippen LogP contribution in [-0.4, -0.2) is 22.0 Å². The lowest BCUT2D eigenvalue weighted by Gasteiger charge is -2.15. The Morgan fingerprint density at radius 1 is 1.10 bits per heavy atom. The number of aromatic nitrogens is 2. The third-order valence-corrected chi connectivity index (χ3v) is 6.67. The first-order chi connectivity index (χ1) is 14.6. The molecule has 0 fully saturated rings. The standard InChI is InChI=1S/C25H25N3OS/c1-4-17(2)28-16-27-24-20-10-6-5-9-19(20)18(15-21(24)25(28)29)13-14-30-23-12-8-7-11-22(23)26-3/h5-12,15-17H,3-4,13-14H2,1-2H3. The Hall–Kier alpha value is -2.92. The molecule has 0 radical (unpaired) electrons. The van der Waals surface area contributed by atoms with E-state index in [4.69, 9.17) is 0 Å². The fraction of sp³-hybridized carbons (Fsp3) is 0.240. The van der Waals surface area contributed by atoms with Gasteiger partial charge in [-0.3, -0.25) is 14.4 Å². The normalized spacial score (nSPS) is 12.3. The van der Waals surface area contributed by atoms with Crippen molar-refractivity contribution in [3.05, 3.63) is 76.8 Å². The van der Waals surface area contributed by atoms with Crippen molar-refractivity contribution in [3.8, 4) is 0 Å². The van der Waals surface area contributed by atoms with E-state index in [0.29, 0.717) is 5.39 Å². The zero-order chi connectivity index (χ0) is 21.1. The summed E-state index contributed by atoms with van der Waals surface area (Å²) in [5, 5.41) is 2.90. The van der Waals surface area contributed by atoms with Crippen molar-refractivity contribution in [2.24, 2.45) is 4.99 Å². The molecule has 1 aromatic heterocycles. The van der Waals surface area contributed by atoms with Crippen molar-refractivity contribution >= 4 is 45.8 Å². The van der Waals surface area contributed by atoms with Gasteiger partial charge in [-0.15, -0.1) is 11.8 Å². The van der Waals surface area contributed by atoms with E-state index in [1.807, 2.05) is 36.4 Å². The predicted molar refractivity (Wildman–Crippen MR) is 129 cm³/mol. The highest BCUT2D eigenvalue weighted by molar-refractivity contribution is 7.99. The number of hydrogen-bond acceptors (Lipinski definition) is 4. The van der Waals surface area contributed by atoms with Crippen molar-refractivity contribution in [3.63, 3.8) is 0 Å². The molecule has 0 saturated heterocycles. The third-order valence-electron chi connectivity index (χ3n) is 5.61. The molecule has 0 N–H and O–H groups in total. The Morgan fingerprint density at radius 2 is 1.83 bits per heavy atom.